The van der Waals surface area contributed by atoms with E-state index >= 15 is 0 Å². The molecule has 4 fully saturated rings. The molecule has 2 N–H and O–H groups in total. The first-order chi connectivity index (χ1) is 15.3. The molecule has 0 amide bonds. The van der Waals surface area contributed by atoms with Crippen molar-refractivity contribution in [1.29, 1.82) is 0 Å². The number of carbonyl (C=O) groups is 1. The van der Waals surface area contributed by atoms with Gasteiger partial charge in [0.2, 0.25) is 0 Å². The van der Waals surface area contributed by atoms with E-state index in [1.54, 1.807) is 5.57 Å². The van der Waals surface area contributed by atoms with E-state index in [0.717, 1.165) is 37.5 Å². The third-order valence-corrected chi connectivity index (χ3v) is 13.5. The molecule has 0 aliphatic heterocycles. The van der Waals surface area contributed by atoms with E-state index < -0.39 is 17.5 Å². The number of rotatable bonds is 1. The standard InChI is InChI=1S/C30H48O3/c1-18-10-13-26(3)16-17-28(5)20(24(26)19(18)2)8-9-21-27(4)14-12-23(31)30(7,25(32)33)22(27)11-15-29(21,28)6/h8,18-19,21-24,31H,9-17H2,1-7H3,(H,32,33)/t18-,19-,21-,22-,23+,24-,26-,27+,28-,29+,30-/m1/s1. The normalized spacial score (nSPS) is 58.2. The molecule has 0 heterocycles. The van der Waals surface area contributed by atoms with E-state index in [4.69, 9.17) is 0 Å². The summed E-state index contributed by atoms with van der Waals surface area (Å²) < 4.78 is 0. The number of hydrogen-bond acceptors (Lipinski definition) is 2. The monoisotopic (exact) mass is 456 g/mol. The van der Waals surface area contributed by atoms with Gasteiger partial charge < -0.3 is 10.2 Å². The van der Waals surface area contributed by atoms with Crippen LogP contribution in [-0.4, -0.2) is 22.3 Å². The Morgan fingerprint density at radius 2 is 1.61 bits per heavy atom. The second-order valence-corrected chi connectivity index (χ2v) is 14.4. The second-order valence-electron chi connectivity index (χ2n) is 14.4. The third kappa shape index (κ3) is 2.75. The molecule has 3 heteroatoms. The molecule has 5 aliphatic carbocycles. The minimum atomic E-state index is -1.03. The van der Waals surface area contributed by atoms with Crippen LogP contribution in [0.15, 0.2) is 11.6 Å². The molecule has 4 saturated carbocycles. The summed E-state index contributed by atoms with van der Waals surface area (Å²) in [6.07, 6.45) is 12.0. The quantitative estimate of drug-likeness (QED) is 0.414. The Morgan fingerprint density at radius 3 is 2.27 bits per heavy atom. The summed E-state index contributed by atoms with van der Waals surface area (Å²) in [7, 11) is 0. The van der Waals surface area contributed by atoms with Gasteiger partial charge in [0.1, 0.15) is 0 Å². The summed E-state index contributed by atoms with van der Waals surface area (Å²) >= 11 is 0. The molecule has 0 unspecified atom stereocenters. The highest BCUT2D eigenvalue weighted by Gasteiger charge is 2.69. The molecule has 0 saturated heterocycles. The summed E-state index contributed by atoms with van der Waals surface area (Å²) in [6.45, 7) is 17.0. The maximum Gasteiger partial charge on any atom is 0.312 e. The van der Waals surface area contributed by atoms with Gasteiger partial charge in [0, 0.05) is 0 Å². The van der Waals surface area contributed by atoms with Crippen LogP contribution in [0.5, 0.6) is 0 Å². The molecule has 5 aliphatic rings. The Hall–Kier alpha value is -0.830. The van der Waals surface area contributed by atoms with Crippen LogP contribution in [0.4, 0.5) is 0 Å². The Kier molecular flexibility index (Phi) is 5.15. The smallest absolute Gasteiger partial charge is 0.312 e. The van der Waals surface area contributed by atoms with Gasteiger partial charge in [-0.2, -0.15) is 0 Å². The van der Waals surface area contributed by atoms with Gasteiger partial charge in [0.25, 0.3) is 0 Å². The van der Waals surface area contributed by atoms with Crippen LogP contribution in [0.2, 0.25) is 0 Å². The molecule has 0 aromatic heterocycles. The first-order valence-corrected chi connectivity index (χ1v) is 13.9. The zero-order valence-corrected chi connectivity index (χ0v) is 22.2. The summed E-state index contributed by atoms with van der Waals surface area (Å²) in [4.78, 5) is 12.5. The van der Waals surface area contributed by atoms with Crippen LogP contribution >= 0.6 is 0 Å². The number of aliphatic carboxylic acids is 1. The lowest BCUT2D eigenvalue weighted by Gasteiger charge is -2.71. The van der Waals surface area contributed by atoms with Crippen LogP contribution in [0.25, 0.3) is 0 Å². The minimum Gasteiger partial charge on any atom is -0.481 e. The third-order valence-electron chi connectivity index (χ3n) is 13.5. The first-order valence-electron chi connectivity index (χ1n) is 13.9. The summed E-state index contributed by atoms with van der Waals surface area (Å²) in [5.41, 5.74) is 1.56. The van der Waals surface area contributed by atoms with Crippen molar-refractivity contribution in [3.63, 3.8) is 0 Å². The molecule has 0 aromatic rings. The molecule has 0 bridgehead atoms. The van der Waals surface area contributed by atoms with Crippen molar-refractivity contribution in [3.8, 4) is 0 Å². The predicted molar refractivity (Wildman–Crippen MR) is 133 cm³/mol. The Morgan fingerprint density at radius 1 is 0.909 bits per heavy atom. The average molecular weight is 457 g/mol. The maximum absolute atomic E-state index is 12.5. The highest BCUT2D eigenvalue weighted by atomic mass is 16.4. The number of fused-ring (bicyclic) bond motifs is 7. The van der Waals surface area contributed by atoms with E-state index in [-0.39, 0.29) is 22.2 Å². The minimum absolute atomic E-state index is 0.0311. The summed E-state index contributed by atoms with van der Waals surface area (Å²) in [5, 5.41) is 21.1. The lowest BCUT2D eigenvalue weighted by atomic mass is 9.33. The van der Waals surface area contributed by atoms with Crippen LogP contribution in [0, 0.1) is 56.7 Å². The topological polar surface area (TPSA) is 57.5 Å². The van der Waals surface area contributed by atoms with Crippen molar-refractivity contribution in [1.82, 2.24) is 0 Å². The SMILES string of the molecule is C[C@@H]1[C@H](C)CC[C@]2(C)CC[C@]3(C)C(=CC[C@@H]4[C@]5(C)CC[C@H](O)[C@](C)(C(=O)O)[C@@H]5CC[C@@]43C)[C@@H]12. The molecule has 3 nitrogen and oxygen atoms in total. The first kappa shape index (κ1) is 23.9. The van der Waals surface area contributed by atoms with E-state index in [1.165, 1.54) is 25.7 Å². The molecular formula is C30H48O3. The molecule has 0 radical (unpaired) electrons. The highest BCUT2D eigenvalue weighted by Crippen LogP contribution is 2.75. The fourth-order valence-electron chi connectivity index (χ4n) is 10.8. The lowest BCUT2D eigenvalue weighted by Crippen LogP contribution is -2.66. The molecular weight excluding hydrogens is 408 g/mol. The number of hydrogen-bond donors (Lipinski definition) is 2. The second kappa shape index (κ2) is 7.11. The van der Waals surface area contributed by atoms with Gasteiger partial charge in [-0.05, 0) is 116 Å². The number of aliphatic hydroxyl groups is 1. The fourth-order valence-corrected chi connectivity index (χ4v) is 10.8. The van der Waals surface area contributed by atoms with Crippen molar-refractivity contribution >= 4 is 5.97 Å². The van der Waals surface area contributed by atoms with E-state index in [9.17, 15) is 15.0 Å². The zero-order valence-electron chi connectivity index (χ0n) is 22.2. The number of carboxylic acid groups (broad SMARTS) is 1. The molecule has 0 aromatic carbocycles. The van der Waals surface area contributed by atoms with Gasteiger partial charge in [-0.25, -0.2) is 0 Å². The molecule has 0 spiro atoms. The van der Waals surface area contributed by atoms with Crippen molar-refractivity contribution in [3.05, 3.63) is 11.6 Å². The van der Waals surface area contributed by atoms with Crippen LogP contribution in [0.3, 0.4) is 0 Å². The van der Waals surface area contributed by atoms with E-state index in [2.05, 4.69) is 47.6 Å². The van der Waals surface area contributed by atoms with Gasteiger partial charge in [0.15, 0.2) is 0 Å². The summed E-state index contributed by atoms with van der Waals surface area (Å²) in [6, 6.07) is 0. The predicted octanol–water partition coefficient (Wildman–Crippen LogP) is 7.09. The Bertz CT molecular complexity index is 878. The van der Waals surface area contributed by atoms with Crippen LogP contribution in [0.1, 0.15) is 106 Å². The van der Waals surface area contributed by atoms with Crippen molar-refractivity contribution in [2.75, 3.05) is 0 Å². The van der Waals surface area contributed by atoms with Crippen molar-refractivity contribution in [2.45, 2.75) is 112 Å². The van der Waals surface area contributed by atoms with E-state index in [0.29, 0.717) is 23.7 Å². The Labute approximate surface area is 201 Å². The highest BCUT2D eigenvalue weighted by molar-refractivity contribution is 5.76. The fraction of sp³-hybridized carbons (Fsp3) is 0.900. The van der Waals surface area contributed by atoms with Crippen molar-refractivity contribution in [2.24, 2.45) is 56.7 Å². The van der Waals surface area contributed by atoms with E-state index in [1.807, 2.05) is 6.92 Å². The maximum atomic E-state index is 12.5. The van der Waals surface area contributed by atoms with Gasteiger partial charge in [-0.3, -0.25) is 4.79 Å². The molecule has 11 atom stereocenters. The largest absolute Gasteiger partial charge is 0.481 e. The summed E-state index contributed by atoms with van der Waals surface area (Å²) in [5.74, 6) is 1.96. The van der Waals surface area contributed by atoms with Crippen molar-refractivity contribution < 1.29 is 15.0 Å². The molecule has 33 heavy (non-hydrogen) atoms. The van der Waals surface area contributed by atoms with Crippen LogP contribution < -0.4 is 0 Å². The van der Waals surface area contributed by atoms with Gasteiger partial charge >= 0.3 is 5.97 Å². The number of carboxylic acids is 1. The van der Waals surface area contributed by atoms with Gasteiger partial charge in [0.05, 0.1) is 11.5 Å². The molecule has 186 valence electrons. The lowest BCUT2D eigenvalue weighted by molar-refractivity contribution is -0.217. The average Bonchev–Trinajstić information content (AvgIpc) is 2.75. The number of aliphatic hydroxyl groups excluding tert-OH is 1. The van der Waals surface area contributed by atoms with Crippen LogP contribution in [-0.2, 0) is 4.79 Å². The molecule has 5 rings (SSSR count). The number of allylic oxidation sites excluding steroid dienone is 2. The van der Waals surface area contributed by atoms with Gasteiger partial charge in [-0.1, -0.05) is 53.2 Å². The van der Waals surface area contributed by atoms with Gasteiger partial charge in [-0.15, -0.1) is 0 Å². The Balaban J connectivity index is 1.60. The zero-order chi connectivity index (χ0) is 24.2.